The molecule has 0 aliphatic carbocycles. The number of para-hydroxylation sites is 1. The Kier molecular flexibility index (Phi) is 14.4. The number of carbonyl (C=O) groups is 2. The predicted molar refractivity (Wildman–Crippen MR) is 144 cm³/mol. The van der Waals surface area contributed by atoms with Crippen LogP contribution in [0.2, 0.25) is 0 Å². The van der Waals surface area contributed by atoms with Crippen LogP contribution < -0.4 is 5.32 Å². The maximum Gasteiger partial charge on any atom is 0.224 e. The van der Waals surface area contributed by atoms with Gasteiger partial charge in [0.15, 0.2) is 5.78 Å². The molecule has 0 spiro atoms. The third-order valence-electron chi connectivity index (χ3n) is 6.15. The summed E-state index contributed by atoms with van der Waals surface area (Å²) in [6.45, 7) is 2.26. The van der Waals surface area contributed by atoms with Crippen LogP contribution in [0.5, 0.6) is 0 Å². The predicted octanol–water partition coefficient (Wildman–Crippen LogP) is 8.89. The van der Waals surface area contributed by atoms with Crippen LogP contribution in [0.15, 0.2) is 66.7 Å². The molecule has 0 aliphatic rings. The van der Waals surface area contributed by atoms with Crippen molar-refractivity contribution in [2.24, 2.45) is 0 Å². The second-order valence-corrected chi connectivity index (χ2v) is 9.12. The largest absolute Gasteiger partial charge is 0.325 e. The van der Waals surface area contributed by atoms with Gasteiger partial charge in [-0.1, -0.05) is 113 Å². The molecule has 1 amide bonds. The maximum atomic E-state index is 12.8. The molecule has 2 aromatic carbocycles. The van der Waals surface area contributed by atoms with Gasteiger partial charge in [0.25, 0.3) is 0 Å². The van der Waals surface area contributed by atoms with Gasteiger partial charge in [0.1, 0.15) is 0 Å². The van der Waals surface area contributed by atoms with E-state index in [-0.39, 0.29) is 11.7 Å². The van der Waals surface area contributed by atoms with Crippen LogP contribution in [-0.4, -0.2) is 11.7 Å². The fourth-order valence-electron chi connectivity index (χ4n) is 4.10. The highest BCUT2D eigenvalue weighted by Gasteiger charge is 2.14. The minimum absolute atomic E-state index is 0.0223. The molecule has 34 heavy (non-hydrogen) atoms. The third-order valence-corrected chi connectivity index (χ3v) is 6.15. The molecule has 0 fully saturated rings. The number of hydrogen-bond acceptors (Lipinski definition) is 2. The fraction of sp³-hybridized carbons (Fsp3) is 0.484. The minimum atomic E-state index is -0.0717. The second-order valence-electron chi connectivity index (χ2n) is 9.12. The van der Waals surface area contributed by atoms with Crippen molar-refractivity contribution in [3.8, 4) is 0 Å². The zero-order chi connectivity index (χ0) is 24.3. The fourth-order valence-corrected chi connectivity index (χ4v) is 4.10. The van der Waals surface area contributed by atoms with E-state index < -0.39 is 0 Å². The Morgan fingerprint density at radius 2 is 1.24 bits per heavy atom. The molecule has 0 saturated carbocycles. The van der Waals surface area contributed by atoms with Gasteiger partial charge in [0, 0.05) is 17.5 Å². The molecule has 0 saturated heterocycles. The van der Waals surface area contributed by atoms with Crippen LogP contribution in [0.25, 0.3) is 0 Å². The summed E-state index contributed by atoms with van der Waals surface area (Å²) in [6, 6.07) is 16.4. The lowest BCUT2D eigenvalue weighted by Crippen LogP contribution is -2.14. The molecule has 0 radical (unpaired) electrons. The van der Waals surface area contributed by atoms with Crippen molar-refractivity contribution in [1.82, 2.24) is 0 Å². The van der Waals surface area contributed by atoms with E-state index in [4.69, 9.17) is 0 Å². The molecule has 0 aliphatic heterocycles. The Labute approximate surface area is 207 Å². The first kappa shape index (κ1) is 27.6. The van der Waals surface area contributed by atoms with Gasteiger partial charge in [-0.25, -0.2) is 0 Å². The molecular formula is C31H43NO2. The summed E-state index contributed by atoms with van der Waals surface area (Å²) in [5.74, 6) is -0.0940. The summed E-state index contributed by atoms with van der Waals surface area (Å²) in [6.07, 6.45) is 21.3. The van der Waals surface area contributed by atoms with Gasteiger partial charge in [-0.2, -0.15) is 0 Å². The number of nitrogens with one attached hydrogen (secondary N) is 1. The second kappa shape index (κ2) is 17.8. The number of amides is 1. The highest BCUT2D eigenvalue weighted by atomic mass is 16.1. The molecule has 184 valence electrons. The number of unbranched alkanes of at least 4 members (excludes halogenated alkanes) is 11. The number of rotatable bonds is 18. The number of carbonyl (C=O) groups excluding carboxylic acids is 2. The minimum Gasteiger partial charge on any atom is -0.325 e. The van der Waals surface area contributed by atoms with Gasteiger partial charge >= 0.3 is 0 Å². The van der Waals surface area contributed by atoms with E-state index in [0.717, 1.165) is 12.8 Å². The van der Waals surface area contributed by atoms with Crippen molar-refractivity contribution >= 4 is 17.4 Å². The zero-order valence-corrected chi connectivity index (χ0v) is 21.1. The standard InChI is InChI=1S/C31H43NO2/c1-2-3-4-5-6-7-8-9-10-11-12-13-14-15-19-26-30(33)32-29-25-21-20-24-28(29)31(34)27-22-17-16-18-23-27/h9-10,16-18,20-25H,2-8,11-15,19,26H2,1H3,(H,32,33)/b10-9+. The van der Waals surface area contributed by atoms with Crippen molar-refractivity contribution in [3.63, 3.8) is 0 Å². The van der Waals surface area contributed by atoms with E-state index in [1.807, 2.05) is 30.3 Å². The third kappa shape index (κ3) is 11.4. The van der Waals surface area contributed by atoms with Crippen LogP contribution in [0.3, 0.4) is 0 Å². The van der Waals surface area contributed by atoms with Crippen molar-refractivity contribution in [3.05, 3.63) is 77.9 Å². The zero-order valence-electron chi connectivity index (χ0n) is 21.1. The van der Waals surface area contributed by atoms with Crippen molar-refractivity contribution in [1.29, 1.82) is 0 Å². The first-order chi connectivity index (χ1) is 16.7. The number of allylic oxidation sites excluding steroid dienone is 2. The molecule has 0 aromatic heterocycles. The lowest BCUT2D eigenvalue weighted by atomic mass is 10.0. The Hall–Kier alpha value is -2.68. The molecule has 0 atom stereocenters. The van der Waals surface area contributed by atoms with E-state index >= 15 is 0 Å². The van der Waals surface area contributed by atoms with Crippen LogP contribution in [0, 0.1) is 0 Å². The molecule has 2 aromatic rings. The monoisotopic (exact) mass is 461 g/mol. The Morgan fingerprint density at radius 3 is 1.91 bits per heavy atom. The SMILES string of the molecule is CCCCCCCC/C=C/CCCCCCCC(=O)Nc1ccccc1C(=O)c1ccccc1. The number of ketones is 1. The van der Waals surface area contributed by atoms with E-state index in [0.29, 0.717) is 23.2 Å². The van der Waals surface area contributed by atoms with E-state index in [2.05, 4.69) is 24.4 Å². The van der Waals surface area contributed by atoms with Gasteiger partial charge in [-0.3, -0.25) is 9.59 Å². The Balaban J connectivity index is 1.55. The molecule has 1 N–H and O–H groups in total. The van der Waals surface area contributed by atoms with Gasteiger partial charge in [0.2, 0.25) is 5.91 Å². The highest BCUT2D eigenvalue weighted by molar-refractivity contribution is 6.13. The summed E-state index contributed by atoms with van der Waals surface area (Å²) >= 11 is 0. The molecule has 0 unspecified atom stereocenters. The summed E-state index contributed by atoms with van der Waals surface area (Å²) in [4.78, 5) is 25.2. The van der Waals surface area contributed by atoms with Crippen LogP contribution in [-0.2, 0) is 4.79 Å². The summed E-state index contributed by atoms with van der Waals surface area (Å²) in [5, 5.41) is 2.94. The van der Waals surface area contributed by atoms with Gasteiger partial charge in [-0.05, 0) is 44.2 Å². The molecular weight excluding hydrogens is 418 g/mol. The lowest BCUT2D eigenvalue weighted by Gasteiger charge is -2.10. The Bertz CT molecular complexity index is 857. The lowest BCUT2D eigenvalue weighted by molar-refractivity contribution is -0.116. The van der Waals surface area contributed by atoms with E-state index in [9.17, 15) is 9.59 Å². The van der Waals surface area contributed by atoms with Crippen LogP contribution in [0.4, 0.5) is 5.69 Å². The Morgan fingerprint density at radius 1 is 0.676 bits per heavy atom. The normalized spacial score (nSPS) is 11.1. The average molecular weight is 462 g/mol. The summed E-state index contributed by atoms with van der Waals surface area (Å²) in [7, 11) is 0. The van der Waals surface area contributed by atoms with Gasteiger partial charge in [-0.15, -0.1) is 0 Å². The quantitative estimate of drug-likeness (QED) is 0.137. The molecule has 0 heterocycles. The summed E-state index contributed by atoms with van der Waals surface area (Å²) in [5.41, 5.74) is 1.75. The van der Waals surface area contributed by atoms with Crippen molar-refractivity contribution in [2.45, 2.75) is 96.8 Å². The molecule has 0 bridgehead atoms. The van der Waals surface area contributed by atoms with Crippen LogP contribution >= 0.6 is 0 Å². The molecule has 3 nitrogen and oxygen atoms in total. The van der Waals surface area contributed by atoms with E-state index in [1.54, 1.807) is 24.3 Å². The van der Waals surface area contributed by atoms with Crippen LogP contribution in [0.1, 0.15) is 113 Å². The number of anilines is 1. The highest BCUT2D eigenvalue weighted by Crippen LogP contribution is 2.20. The number of hydrogen-bond donors (Lipinski definition) is 1. The topological polar surface area (TPSA) is 46.2 Å². The van der Waals surface area contributed by atoms with Crippen molar-refractivity contribution < 1.29 is 9.59 Å². The smallest absolute Gasteiger partial charge is 0.224 e. The molecule has 2 rings (SSSR count). The number of benzene rings is 2. The first-order valence-corrected chi connectivity index (χ1v) is 13.4. The maximum absolute atomic E-state index is 12.8. The van der Waals surface area contributed by atoms with Crippen molar-refractivity contribution in [2.75, 3.05) is 5.32 Å². The average Bonchev–Trinajstić information content (AvgIpc) is 2.87. The molecule has 3 heteroatoms. The first-order valence-electron chi connectivity index (χ1n) is 13.4. The summed E-state index contributed by atoms with van der Waals surface area (Å²) < 4.78 is 0. The van der Waals surface area contributed by atoms with Gasteiger partial charge < -0.3 is 5.32 Å². The van der Waals surface area contributed by atoms with E-state index in [1.165, 1.54) is 70.6 Å². The van der Waals surface area contributed by atoms with Gasteiger partial charge in [0.05, 0.1) is 5.69 Å².